The summed E-state index contributed by atoms with van der Waals surface area (Å²) in [6.45, 7) is 5.87. The maximum absolute atomic E-state index is 11.9. The first kappa shape index (κ1) is 14.3. The molecule has 0 aliphatic rings. The van der Waals surface area contributed by atoms with E-state index in [2.05, 4.69) is 6.07 Å². The Morgan fingerprint density at radius 2 is 1.60 bits per heavy atom. The van der Waals surface area contributed by atoms with Gasteiger partial charge in [-0.3, -0.25) is 4.79 Å². The molecule has 2 aromatic carbocycles. The van der Waals surface area contributed by atoms with Gasteiger partial charge in [-0.25, -0.2) is 0 Å². The topological polar surface area (TPSA) is 26.3 Å². The fraction of sp³-hybridized carbons (Fsp3) is 0.278. The first-order chi connectivity index (χ1) is 9.52. The minimum absolute atomic E-state index is 0.0316. The molecule has 104 valence electrons. The lowest BCUT2D eigenvalue weighted by Gasteiger charge is -2.09. The van der Waals surface area contributed by atoms with E-state index in [1.54, 1.807) is 7.11 Å². The third kappa shape index (κ3) is 2.90. The number of carbonyl (C=O) groups is 1. The Kier molecular flexibility index (Phi) is 4.23. The van der Waals surface area contributed by atoms with Gasteiger partial charge in [0.1, 0.15) is 5.75 Å². The van der Waals surface area contributed by atoms with Gasteiger partial charge in [-0.1, -0.05) is 44.2 Å². The van der Waals surface area contributed by atoms with Crippen molar-refractivity contribution in [2.24, 2.45) is 5.92 Å². The minimum atomic E-state index is 0.0316. The maximum atomic E-state index is 11.9. The molecule has 0 amide bonds. The van der Waals surface area contributed by atoms with E-state index in [1.165, 1.54) is 0 Å². The first-order valence-corrected chi connectivity index (χ1v) is 6.82. The predicted octanol–water partition coefficient (Wildman–Crippen LogP) is 4.51. The van der Waals surface area contributed by atoms with E-state index < -0.39 is 0 Å². The van der Waals surface area contributed by atoms with E-state index >= 15 is 0 Å². The molecule has 2 nitrogen and oxygen atoms in total. The second kappa shape index (κ2) is 5.91. The lowest BCUT2D eigenvalue weighted by molar-refractivity contribution is 0.0939. The zero-order chi connectivity index (χ0) is 14.7. The molecule has 0 N–H and O–H groups in total. The molecule has 0 aliphatic heterocycles. The zero-order valence-electron chi connectivity index (χ0n) is 12.4. The van der Waals surface area contributed by atoms with Gasteiger partial charge in [-0.2, -0.15) is 0 Å². The van der Waals surface area contributed by atoms with E-state index in [1.807, 2.05) is 57.2 Å². The summed E-state index contributed by atoms with van der Waals surface area (Å²) in [6, 6.07) is 13.9. The van der Waals surface area contributed by atoms with E-state index in [0.717, 1.165) is 28.0 Å². The van der Waals surface area contributed by atoms with E-state index in [9.17, 15) is 4.79 Å². The fourth-order valence-corrected chi connectivity index (χ4v) is 2.22. The van der Waals surface area contributed by atoms with Crippen molar-refractivity contribution >= 4 is 5.78 Å². The third-order valence-electron chi connectivity index (χ3n) is 3.42. The standard InChI is InChI=1S/C18H20O2/c1-12(2)18(19)15-7-5-14(6-8-15)16-9-10-17(20-4)13(3)11-16/h5-12H,1-4H3. The zero-order valence-corrected chi connectivity index (χ0v) is 12.4. The Morgan fingerprint density at radius 3 is 2.10 bits per heavy atom. The average molecular weight is 268 g/mol. The lowest BCUT2D eigenvalue weighted by atomic mass is 9.97. The van der Waals surface area contributed by atoms with Gasteiger partial charge in [0.2, 0.25) is 0 Å². The van der Waals surface area contributed by atoms with Crippen molar-refractivity contribution in [1.82, 2.24) is 0 Å². The Morgan fingerprint density at radius 1 is 1.00 bits per heavy atom. The van der Waals surface area contributed by atoms with Crippen molar-refractivity contribution in [3.8, 4) is 16.9 Å². The molecule has 0 saturated carbocycles. The molecule has 2 aromatic rings. The van der Waals surface area contributed by atoms with Gasteiger partial charge >= 0.3 is 0 Å². The van der Waals surface area contributed by atoms with Crippen molar-refractivity contribution < 1.29 is 9.53 Å². The number of benzene rings is 2. The number of hydrogen-bond acceptors (Lipinski definition) is 2. The summed E-state index contributed by atoms with van der Waals surface area (Å²) >= 11 is 0. The molecule has 0 saturated heterocycles. The number of ether oxygens (including phenoxy) is 1. The number of hydrogen-bond donors (Lipinski definition) is 0. The summed E-state index contributed by atoms with van der Waals surface area (Å²) in [5.41, 5.74) is 4.12. The van der Waals surface area contributed by atoms with Crippen LogP contribution in [-0.4, -0.2) is 12.9 Å². The van der Waals surface area contributed by atoms with Crippen LogP contribution in [0.5, 0.6) is 5.75 Å². The van der Waals surface area contributed by atoms with Gasteiger partial charge in [0.05, 0.1) is 7.11 Å². The number of rotatable bonds is 4. The SMILES string of the molecule is COc1ccc(-c2ccc(C(=O)C(C)C)cc2)cc1C. The highest BCUT2D eigenvalue weighted by Gasteiger charge is 2.10. The predicted molar refractivity (Wildman–Crippen MR) is 82.3 cm³/mol. The van der Waals surface area contributed by atoms with Gasteiger partial charge < -0.3 is 4.74 Å². The highest BCUT2D eigenvalue weighted by atomic mass is 16.5. The normalized spacial score (nSPS) is 10.7. The second-order valence-corrected chi connectivity index (χ2v) is 5.28. The number of Topliss-reactive ketones (excluding diaryl/α,β-unsaturated/α-hetero) is 1. The molecule has 0 unspecified atom stereocenters. The number of aryl methyl sites for hydroxylation is 1. The van der Waals surface area contributed by atoms with Crippen LogP contribution in [0.25, 0.3) is 11.1 Å². The number of methoxy groups -OCH3 is 1. The molecular weight excluding hydrogens is 248 g/mol. The summed E-state index contributed by atoms with van der Waals surface area (Å²) in [5, 5.41) is 0. The average Bonchev–Trinajstić information content (AvgIpc) is 2.46. The monoisotopic (exact) mass is 268 g/mol. The van der Waals surface area contributed by atoms with Crippen LogP contribution in [0.3, 0.4) is 0 Å². The molecule has 0 aromatic heterocycles. The molecular formula is C18H20O2. The Labute approximate surface area is 120 Å². The molecule has 0 aliphatic carbocycles. The van der Waals surface area contributed by atoms with Crippen LogP contribution < -0.4 is 4.74 Å². The Hall–Kier alpha value is -2.09. The van der Waals surface area contributed by atoms with Crippen molar-refractivity contribution in [2.75, 3.05) is 7.11 Å². The van der Waals surface area contributed by atoms with Crippen molar-refractivity contribution in [3.63, 3.8) is 0 Å². The molecule has 0 atom stereocenters. The highest BCUT2D eigenvalue weighted by molar-refractivity contribution is 5.97. The largest absolute Gasteiger partial charge is 0.496 e. The summed E-state index contributed by atoms with van der Waals surface area (Å²) in [5.74, 6) is 1.10. The molecule has 0 radical (unpaired) electrons. The first-order valence-electron chi connectivity index (χ1n) is 6.82. The van der Waals surface area contributed by atoms with Gasteiger partial charge in [-0.05, 0) is 35.7 Å². The van der Waals surface area contributed by atoms with Gasteiger partial charge in [0.15, 0.2) is 5.78 Å². The molecule has 0 bridgehead atoms. The van der Waals surface area contributed by atoms with Crippen LogP contribution in [0.2, 0.25) is 0 Å². The summed E-state index contributed by atoms with van der Waals surface area (Å²) < 4.78 is 5.27. The Balaban J connectivity index is 2.30. The molecule has 0 heterocycles. The molecule has 20 heavy (non-hydrogen) atoms. The number of carbonyl (C=O) groups excluding carboxylic acids is 1. The van der Waals surface area contributed by atoms with Crippen molar-refractivity contribution in [2.45, 2.75) is 20.8 Å². The molecule has 2 heteroatoms. The molecule has 2 rings (SSSR count). The van der Waals surface area contributed by atoms with Crippen LogP contribution in [-0.2, 0) is 0 Å². The molecule has 0 spiro atoms. The van der Waals surface area contributed by atoms with Crippen LogP contribution in [0.4, 0.5) is 0 Å². The van der Waals surface area contributed by atoms with Crippen LogP contribution >= 0.6 is 0 Å². The highest BCUT2D eigenvalue weighted by Crippen LogP contribution is 2.26. The van der Waals surface area contributed by atoms with E-state index in [0.29, 0.717) is 0 Å². The van der Waals surface area contributed by atoms with E-state index in [-0.39, 0.29) is 11.7 Å². The smallest absolute Gasteiger partial charge is 0.165 e. The van der Waals surface area contributed by atoms with Crippen LogP contribution in [0.1, 0.15) is 29.8 Å². The summed E-state index contributed by atoms with van der Waals surface area (Å²) in [7, 11) is 1.67. The van der Waals surface area contributed by atoms with Crippen LogP contribution in [0, 0.1) is 12.8 Å². The quantitative estimate of drug-likeness (QED) is 0.763. The lowest BCUT2D eigenvalue weighted by Crippen LogP contribution is -2.06. The second-order valence-electron chi connectivity index (χ2n) is 5.28. The maximum Gasteiger partial charge on any atom is 0.165 e. The van der Waals surface area contributed by atoms with E-state index in [4.69, 9.17) is 4.74 Å². The van der Waals surface area contributed by atoms with Gasteiger partial charge in [-0.15, -0.1) is 0 Å². The Bertz CT molecular complexity index is 610. The third-order valence-corrected chi connectivity index (χ3v) is 3.42. The van der Waals surface area contributed by atoms with Crippen LogP contribution in [0.15, 0.2) is 42.5 Å². The van der Waals surface area contributed by atoms with Crippen molar-refractivity contribution in [3.05, 3.63) is 53.6 Å². The summed E-state index contributed by atoms with van der Waals surface area (Å²) in [6.07, 6.45) is 0. The minimum Gasteiger partial charge on any atom is -0.496 e. The number of ketones is 1. The van der Waals surface area contributed by atoms with Crippen molar-refractivity contribution in [1.29, 1.82) is 0 Å². The van der Waals surface area contributed by atoms with Gasteiger partial charge in [0, 0.05) is 11.5 Å². The van der Waals surface area contributed by atoms with Gasteiger partial charge in [0.25, 0.3) is 0 Å². The summed E-state index contributed by atoms with van der Waals surface area (Å²) in [4.78, 5) is 11.9. The molecule has 0 fully saturated rings. The fourth-order valence-electron chi connectivity index (χ4n) is 2.22.